The van der Waals surface area contributed by atoms with Crippen molar-refractivity contribution in [3.05, 3.63) is 18.0 Å². The van der Waals surface area contributed by atoms with E-state index in [1.54, 1.807) is 4.68 Å². The highest BCUT2D eigenvalue weighted by molar-refractivity contribution is 6.22. The third kappa shape index (κ3) is 2.24. The number of alkyl halides is 1. The van der Waals surface area contributed by atoms with Crippen LogP contribution >= 0.6 is 11.6 Å². The Kier molecular flexibility index (Phi) is 2.50. The van der Waals surface area contributed by atoms with Gasteiger partial charge in [-0.1, -0.05) is 0 Å². The summed E-state index contributed by atoms with van der Waals surface area (Å²) in [6.07, 6.45) is 1.81. The minimum Gasteiger partial charge on any atom is -0.270 e. The van der Waals surface area contributed by atoms with Crippen molar-refractivity contribution in [2.24, 2.45) is 0 Å². The normalized spacial score (nSPS) is 12.5. The first kappa shape index (κ1) is 8.09. The van der Waals surface area contributed by atoms with Crippen LogP contribution in [0.4, 0.5) is 0 Å². The number of aryl methyl sites for hydroxylation is 1. The van der Waals surface area contributed by atoms with Gasteiger partial charge in [0.25, 0.3) is 0 Å². The lowest BCUT2D eigenvalue weighted by atomic mass is 10.4. The van der Waals surface area contributed by atoms with Crippen molar-refractivity contribution in [1.82, 2.24) is 9.78 Å². The first-order chi connectivity index (χ1) is 5.22. The standard InChI is InChI=1S/C7H8ClN3/c1-6-2-3-11(10-6)5-7(8)4-9/h2-3,7H,5H2,1H3. The summed E-state index contributed by atoms with van der Waals surface area (Å²) in [7, 11) is 0. The highest BCUT2D eigenvalue weighted by atomic mass is 35.5. The van der Waals surface area contributed by atoms with Gasteiger partial charge in [0.2, 0.25) is 0 Å². The topological polar surface area (TPSA) is 41.6 Å². The van der Waals surface area contributed by atoms with Crippen LogP contribution in [0.25, 0.3) is 0 Å². The summed E-state index contributed by atoms with van der Waals surface area (Å²) in [6.45, 7) is 2.35. The molecular formula is C7H8ClN3. The Bertz CT molecular complexity index is 273. The molecule has 0 spiro atoms. The summed E-state index contributed by atoms with van der Waals surface area (Å²) in [4.78, 5) is 0. The van der Waals surface area contributed by atoms with E-state index in [1.807, 2.05) is 25.3 Å². The summed E-state index contributed by atoms with van der Waals surface area (Å²) >= 11 is 5.59. The first-order valence-corrected chi connectivity index (χ1v) is 3.70. The Morgan fingerprint density at radius 1 is 1.91 bits per heavy atom. The van der Waals surface area contributed by atoms with Crippen LogP contribution in [-0.2, 0) is 6.54 Å². The van der Waals surface area contributed by atoms with Crippen LogP contribution in [0.2, 0.25) is 0 Å². The van der Waals surface area contributed by atoms with Crippen LogP contribution in [-0.4, -0.2) is 15.2 Å². The molecular weight excluding hydrogens is 162 g/mol. The third-order valence-electron chi connectivity index (χ3n) is 1.26. The molecule has 1 unspecified atom stereocenters. The van der Waals surface area contributed by atoms with Crippen molar-refractivity contribution in [2.75, 3.05) is 0 Å². The molecule has 0 amide bonds. The fraction of sp³-hybridized carbons (Fsp3) is 0.429. The number of halogens is 1. The molecule has 0 aliphatic heterocycles. The van der Waals surface area contributed by atoms with Gasteiger partial charge >= 0.3 is 0 Å². The van der Waals surface area contributed by atoms with Gasteiger partial charge in [0, 0.05) is 6.20 Å². The largest absolute Gasteiger partial charge is 0.270 e. The summed E-state index contributed by atoms with van der Waals surface area (Å²) in [5, 5.41) is 12.0. The quantitative estimate of drug-likeness (QED) is 0.627. The minimum atomic E-state index is -0.491. The van der Waals surface area contributed by atoms with Gasteiger partial charge in [0.15, 0.2) is 0 Å². The Morgan fingerprint density at radius 3 is 3.09 bits per heavy atom. The van der Waals surface area contributed by atoms with Gasteiger partial charge in [0.1, 0.15) is 5.38 Å². The molecule has 0 bridgehead atoms. The number of hydrogen-bond donors (Lipinski definition) is 0. The van der Waals surface area contributed by atoms with Gasteiger partial charge in [-0.2, -0.15) is 10.4 Å². The van der Waals surface area contributed by atoms with E-state index < -0.39 is 5.38 Å². The molecule has 1 aromatic heterocycles. The van der Waals surface area contributed by atoms with Crippen molar-refractivity contribution >= 4 is 11.6 Å². The molecule has 4 heteroatoms. The van der Waals surface area contributed by atoms with Crippen LogP contribution in [0.5, 0.6) is 0 Å². The molecule has 0 saturated heterocycles. The molecule has 1 aromatic rings. The molecule has 0 aliphatic carbocycles. The fourth-order valence-corrected chi connectivity index (χ4v) is 0.911. The van der Waals surface area contributed by atoms with Gasteiger partial charge < -0.3 is 0 Å². The van der Waals surface area contributed by atoms with E-state index in [0.717, 1.165) is 5.69 Å². The van der Waals surface area contributed by atoms with Crippen LogP contribution in [0.3, 0.4) is 0 Å². The lowest BCUT2D eigenvalue weighted by molar-refractivity contribution is 0.626. The summed E-state index contributed by atoms with van der Waals surface area (Å²) in [6, 6.07) is 3.80. The zero-order valence-electron chi connectivity index (χ0n) is 6.16. The van der Waals surface area contributed by atoms with Crippen LogP contribution in [0.15, 0.2) is 12.3 Å². The molecule has 0 saturated carbocycles. The maximum absolute atomic E-state index is 8.38. The number of aromatic nitrogens is 2. The average Bonchev–Trinajstić information content (AvgIpc) is 2.35. The molecule has 58 valence electrons. The molecule has 0 aliphatic rings. The second kappa shape index (κ2) is 3.40. The van der Waals surface area contributed by atoms with E-state index in [0.29, 0.717) is 6.54 Å². The molecule has 3 nitrogen and oxygen atoms in total. The minimum absolute atomic E-state index is 0.450. The van der Waals surface area contributed by atoms with Crippen molar-refractivity contribution in [1.29, 1.82) is 5.26 Å². The molecule has 1 heterocycles. The van der Waals surface area contributed by atoms with Crippen LogP contribution < -0.4 is 0 Å². The van der Waals surface area contributed by atoms with Crippen molar-refractivity contribution in [3.63, 3.8) is 0 Å². The van der Waals surface area contributed by atoms with Crippen molar-refractivity contribution in [3.8, 4) is 6.07 Å². The monoisotopic (exact) mass is 169 g/mol. The van der Waals surface area contributed by atoms with E-state index in [9.17, 15) is 0 Å². The predicted octanol–water partition coefficient (Wildman–Crippen LogP) is 1.32. The Hall–Kier alpha value is -1.01. The predicted molar refractivity (Wildman–Crippen MR) is 42.2 cm³/mol. The van der Waals surface area contributed by atoms with Gasteiger partial charge in [-0.3, -0.25) is 4.68 Å². The van der Waals surface area contributed by atoms with E-state index in [-0.39, 0.29) is 0 Å². The number of hydrogen-bond acceptors (Lipinski definition) is 2. The van der Waals surface area contributed by atoms with Crippen LogP contribution in [0.1, 0.15) is 5.69 Å². The lowest BCUT2D eigenvalue weighted by Gasteiger charge is -1.99. The summed E-state index contributed by atoms with van der Waals surface area (Å²) in [5.41, 5.74) is 0.937. The molecule has 1 rings (SSSR count). The average molecular weight is 170 g/mol. The van der Waals surface area contributed by atoms with Gasteiger partial charge in [0.05, 0.1) is 18.3 Å². The summed E-state index contributed by atoms with van der Waals surface area (Å²) < 4.78 is 1.66. The van der Waals surface area contributed by atoms with E-state index in [2.05, 4.69) is 5.10 Å². The second-order valence-corrected chi connectivity index (χ2v) is 2.80. The van der Waals surface area contributed by atoms with Gasteiger partial charge in [-0.15, -0.1) is 11.6 Å². The zero-order chi connectivity index (χ0) is 8.27. The number of nitrogens with zero attached hydrogens (tertiary/aromatic N) is 3. The van der Waals surface area contributed by atoms with E-state index >= 15 is 0 Å². The Morgan fingerprint density at radius 2 is 2.64 bits per heavy atom. The maximum atomic E-state index is 8.38. The maximum Gasteiger partial charge on any atom is 0.140 e. The second-order valence-electron chi connectivity index (χ2n) is 2.28. The molecule has 1 atom stereocenters. The highest BCUT2D eigenvalue weighted by Gasteiger charge is 2.02. The van der Waals surface area contributed by atoms with Gasteiger partial charge in [-0.05, 0) is 13.0 Å². The molecule has 11 heavy (non-hydrogen) atoms. The van der Waals surface area contributed by atoms with E-state index in [1.165, 1.54) is 0 Å². The fourth-order valence-electron chi connectivity index (χ4n) is 0.770. The zero-order valence-corrected chi connectivity index (χ0v) is 6.91. The Balaban J connectivity index is 2.59. The number of nitriles is 1. The van der Waals surface area contributed by atoms with Gasteiger partial charge in [-0.25, -0.2) is 0 Å². The molecule has 0 aromatic carbocycles. The Labute approximate surface area is 70.2 Å². The molecule has 0 N–H and O–H groups in total. The third-order valence-corrected chi connectivity index (χ3v) is 1.50. The molecule has 0 radical (unpaired) electrons. The van der Waals surface area contributed by atoms with Crippen molar-refractivity contribution in [2.45, 2.75) is 18.8 Å². The summed E-state index contributed by atoms with van der Waals surface area (Å²) in [5.74, 6) is 0. The number of rotatable bonds is 2. The van der Waals surface area contributed by atoms with Crippen molar-refractivity contribution < 1.29 is 0 Å². The highest BCUT2D eigenvalue weighted by Crippen LogP contribution is 1.99. The lowest BCUT2D eigenvalue weighted by Crippen LogP contribution is -2.08. The van der Waals surface area contributed by atoms with Crippen LogP contribution in [0, 0.1) is 18.3 Å². The van der Waals surface area contributed by atoms with E-state index in [4.69, 9.17) is 16.9 Å². The molecule has 0 fully saturated rings. The smallest absolute Gasteiger partial charge is 0.140 e. The first-order valence-electron chi connectivity index (χ1n) is 3.26. The SMILES string of the molecule is Cc1ccn(CC(Cl)C#N)n1.